The number of nitrogens with zero attached hydrogens (tertiary/aromatic N) is 2. The van der Waals surface area contributed by atoms with Gasteiger partial charge in [-0.3, -0.25) is 4.68 Å². The van der Waals surface area contributed by atoms with E-state index < -0.39 is 0 Å². The van der Waals surface area contributed by atoms with E-state index in [9.17, 15) is 5.11 Å². The molecule has 0 saturated carbocycles. The van der Waals surface area contributed by atoms with Crippen molar-refractivity contribution in [1.82, 2.24) is 9.78 Å². The van der Waals surface area contributed by atoms with E-state index in [-0.39, 0.29) is 18.2 Å². The SMILES string of the molecule is CCC(C)n1ccc(NCc2ccc(O)c(OC)c2)n1.Cl. The molecule has 2 aromatic rings. The zero-order valence-electron chi connectivity index (χ0n) is 12.5. The van der Waals surface area contributed by atoms with Gasteiger partial charge in [0.25, 0.3) is 0 Å². The monoisotopic (exact) mass is 311 g/mol. The van der Waals surface area contributed by atoms with E-state index in [0.29, 0.717) is 18.3 Å². The first-order valence-electron chi connectivity index (χ1n) is 6.79. The molecular weight excluding hydrogens is 290 g/mol. The van der Waals surface area contributed by atoms with Crippen molar-refractivity contribution in [2.24, 2.45) is 0 Å². The van der Waals surface area contributed by atoms with Crippen molar-refractivity contribution in [2.45, 2.75) is 32.9 Å². The fraction of sp³-hybridized carbons (Fsp3) is 0.400. The van der Waals surface area contributed by atoms with Crippen molar-refractivity contribution < 1.29 is 9.84 Å². The molecule has 0 fully saturated rings. The van der Waals surface area contributed by atoms with Crippen LogP contribution < -0.4 is 10.1 Å². The average Bonchev–Trinajstić information content (AvgIpc) is 2.94. The van der Waals surface area contributed by atoms with Crippen LogP contribution in [0.5, 0.6) is 11.5 Å². The van der Waals surface area contributed by atoms with Gasteiger partial charge in [0, 0.05) is 24.8 Å². The molecule has 5 nitrogen and oxygen atoms in total. The van der Waals surface area contributed by atoms with Gasteiger partial charge in [0.1, 0.15) is 5.82 Å². The van der Waals surface area contributed by atoms with Crippen LogP contribution >= 0.6 is 12.4 Å². The number of rotatable bonds is 6. The standard InChI is InChI=1S/C15H21N3O2.ClH/c1-4-11(2)18-8-7-15(17-18)16-10-12-5-6-13(19)14(9-12)20-3;/h5-9,11,19H,4,10H2,1-3H3,(H,16,17);1H. The third-order valence-corrected chi connectivity index (χ3v) is 3.37. The van der Waals surface area contributed by atoms with Crippen molar-refractivity contribution in [1.29, 1.82) is 0 Å². The minimum absolute atomic E-state index is 0. The first-order valence-corrected chi connectivity index (χ1v) is 6.79. The van der Waals surface area contributed by atoms with Crippen LogP contribution in [-0.4, -0.2) is 22.0 Å². The van der Waals surface area contributed by atoms with Gasteiger partial charge in [0.05, 0.1) is 7.11 Å². The molecule has 0 bridgehead atoms. The normalized spacial score (nSPS) is 11.6. The number of ether oxygens (including phenoxy) is 1. The Bertz CT molecular complexity index is 572. The first-order chi connectivity index (χ1) is 9.63. The lowest BCUT2D eigenvalue weighted by Crippen LogP contribution is -2.06. The van der Waals surface area contributed by atoms with Crippen molar-refractivity contribution in [3.05, 3.63) is 36.0 Å². The van der Waals surface area contributed by atoms with E-state index in [1.807, 2.05) is 29.1 Å². The van der Waals surface area contributed by atoms with Crippen LogP contribution in [0, 0.1) is 0 Å². The fourth-order valence-electron chi connectivity index (χ4n) is 1.89. The second kappa shape index (κ2) is 7.78. The van der Waals surface area contributed by atoms with Crippen LogP contribution in [0.25, 0.3) is 0 Å². The molecule has 1 aromatic heterocycles. The molecule has 1 heterocycles. The Balaban J connectivity index is 0.00000220. The van der Waals surface area contributed by atoms with Gasteiger partial charge in [0.2, 0.25) is 0 Å². The number of aromatic hydroxyl groups is 1. The van der Waals surface area contributed by atoms with Crippen LogP contribution in [-0.2, 0) is 6.54 Å². The third kappa shape index (κ3) is 4.29. The smallest absolute Gasteiger partial charge is 0.160 e. The lowest BCUT2D eigenvalue weighted by atomic mass is 10.2. The Morgan fingerprint density at radius 2 is 2.14 bits per heavy atom. The lowest BCUT2D eigenvalue weighted by molar-refractivity contribution is 0.373. The fourth-order valence-corrected chi connectivity index (χ4v) is 1.89. The van der Waals surface area contributed by atoms with Gasteiger partial charge in [-0.25, -0.2) is 0 Å². The molecule has 2 N–H and O–H groups in total. The molecule has 1 aromatic carbocycles. The topological polar surface area (TPSA) is 59.3 Å². The van der Waals surface area contributed by atoms with E-state index in [0.717, 1.165) is 17.8 Å². The predicted molar refractivity (Wildman–Crippen MR) is 86.5 cm³/mol. The summed E-state index contributed by atoms with van der Waals surface area (Å²) in [6.45, 7) is 4.91. The Kier molecular flexibility index (Phi) is 6.37. The number of anilines is 1. The molecule has 0 aliphatic rings. The summed E-state index contributed by atoms with van der Waals surface area (Å²) in [6.07, 6.45) is 3.03. The summed E-state index contributed by atoms with van der Waals surface area (Å²) in [5, 5.41) is 17.3. The van der Waals surface area contributed by atoms with Gasteiger partial charge in [0.15, 0.2) is 11.5 Å². The number of aromatic nitrogens is 2. The number of methoxy groups -OCH3 is 1. The number of phenols is 1. The number of nitrogens with one attached hydrogen (secondary N) is 1. The van der Waals surface area contributed by atoms with Crippen LogP contribution in [0.4, 0.5) is 5.82 Å². The summed E-state index contributed by atoms with van der Waals surface area (Å²) < 4.78 is 7.05. The lowest BCUT2D eigenvalue weighted by Gasteiger charge is -2.09. The summed E-state index contributed by atoms with van der Waals surface area (Å²) in [6, 6.07) is 7.67. The van der Waals surface area contributed by atoms with Gasteiger partial charge >= 0.3 is 0 Å². The largest absolute Gasteiger partial charge is 0.504 e. The number of hydrogen-bond donors (Lipinski definition) is 2. The molecule has 6 heteroatoms. The van der Waals surface area contributed by atoms with Crippen molar-refractivity contribution in [3.8, 4) is 11.5 Å². The zero-order valence-corrected chi connectivity index (χ0v) is 13.4. The minimum atomic E-state index is 0. The summed E-state index contributed by atoms with van der Waals surface area (Å²) in [5.74, 6) is 1.48. The highest BCUT2D eigenvalue weighted by molar-refractivity contribution is 5.85. The molecule has 1 unspecified atom stereocenters. The molecule has 0 saturated heterocycles. The molecule has 0 amide bonds. The van der Waals surface area contributed by atoms with E-state index in [4.69, 9.17) is 4.74 Å². The Morgan fingerprint density at radius 3 is 2.81 bits per heavy atom. The van der Waals surface area contributed by atoms with E-state index in [2.05, 4.69) is 24.3 Å². The van der Waals surface area contributed by atoms with Gasteiger partial charge in [-0.05, 0) is 31.0 Å². The van der Waals surface area contributed by atoms with Crippen LogP contribution in [0.3, 0.4) is 0 Å². The van der Waals surface area contributed by atoms with Crippen LogP contribution in [0.2, 0.25) is 0 Å². The Labute approximate surface area is 131 Å². The molecule has 0 aliphatic heterocycles. The minimum Gasteiger partial charge on any atom is -0.504 e. The summed E-state index contributed by atoms with van der Waals surface area (Å²) in [5.41, 5.74) is 1.03. The molecule has 21 heavy (non-hydrogen) atoms. The number of phenolic OH excluding ortho intramolecular Hbond substituents is 1. The van der Waals surface area contributed by atoms with Gasteiger partial charge < -0.3 is 15.2 Å². The molecule has 0 aliphatic carbocycles. The van der Waals surface area contributed by atoms with Gasteiger partial charge in [-0.2, -0.15) is 5.10 Å². The van der Waals surface area contributed by atoms with Gasteiger partial charge in [-0.1, -0.05) is 13.0 Å². The molecular formula is C15H22ClN3O2. The second-order valence-electron chi connectivity index (χ2n) is 4.80. The number of hydrogen-bond acceptors (Lipinski definition) is 4. The highest BCUT2D eigenvalue weighted by Gasteiger charge is 2.06. The van der Waals surface area contributed by atoms with Crippen molar-refractivity contribution in [2.75, 3.05) is 12.4 Å². The molecule has 1 atom stereocenters. The van der Waals surface area contributed by atoms with Crippen LogP contribution in [0.15, 0.2) is 30.5 Å². The molecule has 0 radical (unpaired) electrons. The maximum absolute atomic E-state index is 9.55. The number of halogens is 1. The maximum atomic E-state index is 9.55. The average molecular weight is 312 g/mol. The maximum Gasteiger partial charge on any atom is 0.160 e. The highest BCUT2D eigenvalue weighted by atomic mass is 35.5. The third-order valence-electron chi connectivity index (χ3n) is 3.37. The molecule has 2 rings (SSSR count). The van der Waals surface area contributed by atoms with Crippen molar-refractivity contribution in [3.63, 3.8) is 0 Å². The van der Waals surface area contributed by atoms with Crippen molar-refractivity contribution >= 4 is 18.2 Å². The second-order valence-corrected chi connectivity index (χ2v) is 4.80. The Hall–Kier alpha value is -1.88. The summed E-state index contributed by atoms with van der Waals surface area (Å²) in [7, 11) is 1.54. The van der Waals surface area contributed by atoms with Gasteiger partial charge in [-0.15, -0.1) is 12.4 Å². The van der Waals surface area contributed by atoms with E-state index in [1.54, 1.807) is 13.2 Å². The quantitative estimate of drug-likeness (QED) is 0.855. The first kappa shape index (κ1) is 17.2. The predicted octanol–water partition coefficient (Wildman–Crippen LogP) is 3.60. The van der Waals surface area contributed by atoms with E-state index >= 15 is 0 Å². The highest BCUT2D eigenvalue weighted by Crippen LogP contribution is 2.26. The summed E-state index contributed by atoms with van der Waals surface area (Å²) >= 11 is 0. The molecule has 116 valence electrons. The Morgan fingerprint density at radius 1 is 1.38 bits per heavy atom. The van der Waals surface area contributed by atoms with E-state index in [1.165, 1.54) is 0 Å². The zero-order chi connectivity index (χ0) is 14.5. The number of benzene rings is 1. The van der Waals surface area contributed by atoms with Crippen LogP contribution in [0.1, 0.15) is 31.9 Å². The molecule has 0 spiro atoms. The summed E-state index contributed by atoms with van der Waals surface area (Å²) in [4.78, 5) is 0.